The van der Waals surface area contributed by atoms with E-state index in [0.29, 0.717) is 36.3 Å². The largest absolute Gasteiger partial charge is 0.466 e. The minimum atomic E-state index is -0.160. The second kappa shape index (κ2) is 42.5. The summed E-state index contributed by atoms with van der Waals surface area (Å²) in [4.78, 5) is 35.3. The molecule has 0 bridgehead atoms. The Hall–Kier alpha value is -5.32. The van der Waals surface area contributed by atoms with Crippen molar-refractivity contribution in [3.05, 3.63) is 124 Å². The first kappa shape index (κ1) is 107. The monoisotopic (exact) mass is 1530 g/mol. The first-order valence-corrected chi connectivity index (χ1v) is 39.1. The Morgan fingerprint density at radius 1 is 0.324 bits per heavy atom. The van der Waals surface area contributed by atoms with Crippen LogP contribution in [0, 0.1) is 104 Å². The fraction of sp³-hybridized carbons (Fsp3) is 0.750. The summed E-state index contributed by atoms with van der Waals surface area (Å²) in [6.07, 6.45) is 0. The first-order valence-electron chi connectivity index (χ1n) is 38.2. The van der Waals surface area contributed by atoms with Gasteiger partial charge < -0.3 is 26.7 Å². The molecule has 7 heterocycles. The van der Waals surface area contributed by atoms with Gasteiger partial charge in [-0.15, -0.1) is 11.3 Å². The van der Waals surface area contributed by atoms with E-state index in [1.54, 1.807) is 0 Å². The zero-order valence-corrected chi connectivity index (χ0v) is 77.2. The molecule has 7 aromatic rings. The van der Waals surface area contributed by atoms with Gasteiger partial charge in [-0.05, 0) is 331 Å². The lowest BCUT2D eigenvalue weighted by molar-refractivity contribution is 0.0877. The van der Waals surface area contributed by atoms with Gasteiger partial charge in [-0.3, -0.25) is 34.3 Å². The minimum absolute atomic E-state index is 0. The third kappa shape index (κ3) is 26.4. The van der Waals surface area contributed by atoms with Gasteiger partial charge in [0.05, 0.1) is 61.0 Å². The summed E-state index contributed by atoms with van der Waals surface area (Å²) in [5.74, 6) is 9.06. The fourth-order valence-electron chi connectivity index (χ4n) is 13.1. The number of furan rings is 1. The van der Waals surface area contributed by atoms with Crippen molar-refractivity contribution in [1.29, 1.82) is 0 Å². The predicted molar refractivity (Wildman–Crippen MR) is 461 cm³/mol. The molecule has 0 N–H and O–H groups in total. The van der Waals surface area contributed by atoms with E-state index < -0.39 is 0 Å². The van der Waals surface area contributed by atoms with Crippen LogP contribution in [0.5, 0.6) is 0 Å². The van der Waals surface area contributed by atoms with Gasteiger partial charge >= 0.3 is 0 Å². The normalized spacial score (nSPS) is 12.5. The van der Waals surface area contributed by atoms with Crippen LogP contribution < -0.4 is 0 Å². The highest BCUT2D eigenvalue weighted by Crippen LogP contribution is 2.39. The lowest BCUT2D eigenvalue weighted by Crippen LogP contribution is -2.43. The van der Waals surface area contributed by atoms with Crippen LogP contribution in [0.3, 0.4) is 0 Å². The molecule has 20 heteroatoms. The van der Waals surface area contributed by atoms with Crippen molar-refractivity contribution in [2.75, 3.05) is 55.9 Å². The van der Waals surface area contributed by atoms with Gasteiger partial charge in [-0.1, -0.05) is 39.5 Å². The maximum absolute atomic E-state index is 5.73. The smallest absolute Gasteiger partial charge is 0.214 e. The highest BCUT2D eigenvalue weighted by Gasteiger charge is 2.39. The highest BCUT2D eigenvalue weighted by atomic mass is 32.1. The molecule has 626 valence electrons. The summed E-state index contributed by atoms with van der Waals surface area (Å²) in [7, 11) is 14.9. The van der Waals surface area contributed by atoms with Crippen molar-refractivity contribution in [3.8, 4) is 0 Å². The zero-order valence-electron chi connectivity index (χ0n) is 76.3. The average molecular weight is 1540 g/mol. The summed E-state index contributed by atoms with van der Waals surface area (Å²) in [6.45, 7) is 90.4. The Balaban J connectivity index is -0.00000119. The van der Waals surface area contributed by atoms with Gasteiger partial charge in [0.25, 0.3) is 0 Å². The Kier molecular flexibility index (Phi) is 42.1. The molecule has 0 aliphatic rings. The minimum Gasteiger partial charge on any atom is -0.466 e. The van der Waals surface area contributed by atoms with Crippen LogP contribution in [-0.2, 0) is 38.8 Å². The molecule has 0 unspecified atom stereocenters. The van der Waals surface area contributed by atoms with Crippen molar-refractivity contribution < 1.29 is 26.7 Å². The third-order valence-electron chi connectivity index (χ3n) is 22.9. The van der Waals surface area contributed by atoms with Gasteiger partial charge in [0.1, 0.15) is 45.9 Å². The molecule has 0 aromatic carbocycles. The maximum Gasteiger partial charge on any atom is 0.214 e. The Bertz CT molecular complexity index is 3530. The van der Waals surface area contributed by atoms with Crippen LogP contribution in [0.2, 0.25) is 0 Å². The van der Waals surface area contributed by atoms with Gasteiger partial charge in [0, 0.05) is 77.2 Å². The van der Waals surface area contributed by atoms with E-state index in [9.17, 15) is 0 Å². The number of thiazole rings is 1. The van der Waals surface area contributed by atoms with Crippen LogP contribution in [0.25, 0.3) is 0 Å². The van der Waals surface area contributed by atoms with Crippen molar-refractivity contribution in [3.63, 3.8) is 0 Å². The average Bonchev–Trinajstić information content (AvgIpc) is 1.61. The van der Waals surface area contributed by atoms with Crippen LogP contribution in [0.4, 0.5) is 0 Å². The fourth-order valence-corrected chi connectivity index (χ4v) is 14.2. The Labute approximate surface area is 667 Å². The summed E-state index contributed by atoms with van der Waals surface area (Å²) < 4.78 is 33.2. The summed E-state index contributed by atoms with van der Waals surface area (Å²) >= 11 is 1.81. The third-order valence-corrected chi connectivity index (χ3v) is 24.3. The lowest BCUT2D eigenvalue weighted by atomic mass is 9.88. The number of aryl methyl sites for hydroxylation is 12. The molecule has 0 saturated carbocycles. The SMILES string of the molecule is C.C.C.CCN(C)C(C)(C)c1oc(C)nc1C.Cc1nc(C(C)(C)N(C)C(C)C)c(C)o1.Cc1nc(C(C)(C)N(C)C(C)C)oc1C.Cc1nc(C)c(C(C)(C)N(C)C(C)C)s1.Cc1noc(C(C)(C)N(C)C(C)C)c1C.Cc1oc(C)c(C(C)(C)N(C)C(C)C)c1C.Cc1onc(C(C)(C)N(C)C(C)C)c1C. The number of nitrogens with zero attached hydrogens (tertiary/aromatic N) is 13. The van der Waals surface area contributed by atoms with E-state index >= 15 is 0 Å². The van der Waals surface area contributed by atoms with Crippen LogP contribution in [0.15, 0.2) is 26.7 Å². The molecule has 0 aliphatic heterocycles. The number of aromatic nitrogens is 6. The van der Waals surface area contributed by atoms with Crippen molar-refractivity contribution in [2.45, 2.75) is 388 Å². The predicted octanol–water partition coefficient (Wildman–Crippen LogP) is 23.0. The molecular weight excluding hydrogens is 1370 g/mol. The van der Waals surface area contributed by atoms with Crippen molar-refractivity contribution in [2.24, 2.45) is 0 Å². The summed E-state index contributed by atoms with van der Waals surface area (Å²) in [6, 6.07) is 2.97. The summed E-state index contributed by atoms with van der Waals surface area (Å²) in [5, 5.41) is 9.36. The van der Waals surface area contributed by atoms with Gasteiger partial charge in [-0.2, -0.15) is 0 Å². The van der Waals surface area contributed by atoms with E-state index in [4.69, 9.17) is 26.7 Å². The van der Waals surface area contributed by atoms with Gasteiger partial charge in [0.15, 0.2) is 17.5 Å². The number of hydrogen-bond acceptors (Lipinski definition) is 20. The van der Waals surface area contributed by atoms with Crippen LogP contribution in [0.1, 0.15) is 334 Å². The van der Waals surface area contributed by atoms with E-state index in [2.05, 4.69) is 342 Å². The Morgan fingerprint density at radius 2 is 0.731 bits per heavy atom. The molecule has 108 heavy (non-hydrogen) atoms. The molecule has 0 amide bonds. The topological polar surface area (TPSA) is 179 Å². The van der Waals surface area contributed by atoms with Crippen molar-refractivity contribution in [1.82, 2.24) is 64.5 Å². The molecule has 0 saturated heterocycles. The van der Waals surface area contributed by atoms with Gasteiger partial charge in [0.2, 0.25) is 5.89 Å². The molecule has 7 aromatic heterocycles. The molecule has 0 aliphatic carbocycles. The molecule has 0 atom stereocenters. The molecule has 7 rings (SSSR count). The molecule has 0 fully saturated rings. The Morgan fingerprint density at radius 3 is 1.05 bits per heavy atom. The number of oxazole rings is 3. The number of hydrogen-bond donors (Lipinski definition) is 0. The van der Waals surface area contributed by atoms with Gasteiger partial charge in [-0.25, -0.2) is 19.9 Å². The van der Waals surface area contributed by atoms with E-state index in [-0.39, 0.29) is 61.1 Å². The quantitative estimate of drug-likeness (QED) is 0.0662. The zero-order chi connectivity index (χ0) is 82.6. The van der Waals surface area contributed by atoms with E-state index in [1.807, 2.05) is 73.7 Å². The standard InChI is InChI=1S/C14H25NO.4C12H22N2O.C12H22N2S.C11H20N2O.3CH4/c1-9(2)15(8)14(6,7)13-10(3)11(4)16-12(13)5;1-8(2)14(7)12(5,6)11-9(3)15-10(4)13-11;1-8(2)14(7)12(5,6)11-13-9(3)10(4)15-11;1-8(2)14(7)12(5,6)11-9(3)10(4)15-13-11;1-8(2)14(7)12(5,6)11-9(3)10(4)13-15-11;1-8(2)14(7)12(5,6)11-9(3)13-10(4)15-11;1-7-13(6)11(4,5)10-8(2)12-9(3)14-10;;;/h9H,1-8H3;5*8H,1-7H3;7H2,1-6H3;3*1H4. The molecule has 0 spiro atoms. The van der Waals surface area contributed by atoms with E-state index in [0.717, 1.165) is 109 Å². The maximum atomic E-state index is 5.73. The van der Waals surface area contributed by atoms with Crippen LogP contribution >= 0.6 is 11.3 Å². The molecule has 19 nitrogen and oxygen atoms in total. The summed E-state index contributed by atoms with van der Waals surface area (Å²) in [5.41, 5.74) is 10.7. The first-order chi connectivity index (χ1) is 47.4. The highest BCUT2D eigenvalue weighted by molar-refractivity contribution is 7.11. The van der Waals surface area contributed by atoms with E-state index in [1.165, 1.54) is 21.7 Å². The molecular formula is C88H167N13O6S. The second-order valence-electron chi connectivity index (χ2n) is 34.4. The molecule has 0 radical (unpaired) electrons. The second-order valence-corrected chi connectivity index (χ2v) is 35.6. The van der Waals surface area contributed by atoms with Crippen molar-refractivity contribution >= 4 is 11.3 Å². The lowest BCUT2D eigenvalue weighted by Gasteiger charge is -2.39. The number of rotatable bonds is 21. The van der Waals surface area contributed by atoms with Crippen LogP contribution in [-0.4, -0.2) is 157 Å².